The molecule has 0 unspecified atom stereocenters. The molecule has 0 aromatic heterocycles. The lowest BCUT2D eigenvalue weighted by atomic mass is 9.90. The third-order valence-corrected chi connectivity index (χ3v) is 3.35. The molecule has 4 nitrogen and oxygen atoms in total. The van der Waals surface area contributed by atoms with E-state index in [1.54, 1.807) is 44.2 Å². The average molecular weight is 303 g/mol. The molecule has 1 heterocycles. The number of benzene rings is 1. The third kappa shape index (κ3) is 2.97. The molecule has 3 atom stereocenters. The summed E-state index contributed by atoms with van der Waals surface area (Å²) in [6.45, 7) is 3.18. The first-order valence-electron chi connectivity index (χ1n) is 6.52. The number of halogens is 3. The zero-order valence-corrected chi connectivity index (χ0v) is 11.5. The van der Waals surface area contributed by atoms with E-state index in [-0.39, 0.29) is 0 Å². The molecule has 1 aromatic carbocycles. The Morgan fingerprint density at radius 1 is 1.24 bits per heavy atom. The number of para-hydroxylation sites is 1. The molecule has 1 aliphatic heterocycles. The number of ether oxygens (including phenoxy) is 1. The summed E-state index contributed by atoms with van der Waals surface area (Å²) in [5, 5.41) is 9.49. The lowest BCUT2D eigenvalue weighted by molar-refractivity contribution is -0.246. The number of nitrogens with zero attached hydrogens (tertiary/aromatic N) is 1. The van der Waals surface area contributed by atoms with Crippen LogP contribution in [0.25, 0.3) is 0 Å². The Morgan fingerprint density at radius 3 is 2.29 bits per heavy atom. The van der Waals surface area contributed by atoms with Crippen LogP contribution in [-0.4, -0.2) is 46.4 Å². The molecule has 0 aliphatic carbocycles. The molecular weight excluding hydrogens is 287 g/mol. The monoisotopic (exact) mass is 303 g/mol. The van der Waals surface area contributed by atoms with Crippen molar-refractivity contribution in [3.8, 4) is 5.75 Å². The first-order chi connectivity index (χ1) is 9.73. The number of amides is 1. The van der Waals surface area contributed by atoms with Gasteiger partial charge in [-0.1, -0.05) is 18.2 Å². The van der Waals surface area contributed by atoms with Gasteiger partial charge in [-0.05, 0) is 26.0 Å². The number of alkyl halides is 3. The Balaban J connectivity index is 2.21. The summed E-state index contributed by atoms with van der Waals surface area (Å²) in [7, 11) is 0. The Bertz CT molecular complexity index is 504. The number of carbonyl (C=O) groups is 1. The maximum absolute atomic E-state index is 12.8. The Morgan fingerprint density at radius 2 is 1.81 bits per heavy atom. The van der Waals surface area contributed by atoms with Crippen LogP contribution < -0.4 is 4.74 Å². The molecule has 0 spiro atoms. The van der Waals surface area contributed by atoms with E-state index in [2.05, 4.69) is 0 Å². The van der Waals surface area contributed by atoms with Crippen molar-refractivity contribution in [3.05, 3.63) is 30.3 Å². The fraction of sp³-hybridized carbons (Fsp3) is 0.500. The molecule has 1 fully saturated rings. The SMILES string of the molecule is CC(C)N1C(=O)[C@H](Oc2ccccc2)[C@@H]1[C@H](O)C(F)(F)F. The number of carbonyl (C=O) groups excluding carboxylic acids is 1. The number of rotatable bonds is 4. The highest BCUT2D eigenvalue weighted by Gasteiger charge is 2.60. The van der Waals surface area contributed by atoms with Crippen LogP contribution in [0, 0.1) is 0 Å². The lowest BCUT2D eigenvalue weighted by Gasteiger charge is -2.50. The van der Waals surface area contributed by atoms with E-state index in [9.17, 15) is 23.1 Å². The summed E-state index contributed by atoms with van der Waals surface area (Å²) >= 11 is 0. The van der Waals surface area contributed by atoms with E-state index in [0.717, 1.165) is 4.90 Å². The number of aliphatic hydroxyl groups excluding tert-OH is 1. The Kier molecular flexibility index (Phi) is 4.13. The topological polar surface area (TPSA) is 49.8 Å². The van der Waals surface area contributed by atoms with Crippen LogP contribution in [0.3, 0.4) is 0 Å². The minimum absolute atomic E-state index is 0.290. The van der Waals surface area contributed by atoms with Crippen molar-refractivity contribution in [3.63, 3.8) is 0 Å². The molecule has 1 N–H and O–H groups in total. The van der Waals surface area contributed by atoms with E-state index in [1.807, 2.05) is 0 Å². The lowest BCUT2D eigenvalue weighted by Crippen LogP contribution is -2.74. The van der Waals surface area contributed by atoms with Gasteiger partial charge in [0.05, 0.1) is 0 Å². The predicted octanol–water partition coefficient (Wildman–Crippen LogP) is 1.98. The molecule has 7 heteroatoms. The summed E-state index contributed by atoms with van der Waals surface area (Å²) in [5.74, 6) is -0.263. The second-order valence-electron chi connectivity index (χ2n) is 5.17. The van der Waals surface area contributed by atoms with Crippen molar-refractivity contribution >= 4 is 5.91 Å². The van der Waals surface area contributed by atoms with E-state index < -0.39 is 36.4 Å². The van der Waals surface area contributed by atoms with Gasteiger partial charge in [-0.2, -0.15) is 13.2 Å². The van der Waals surface area contributed by atoms with Gasteiger partial charge in [0.25, 0.3) is 5.91 Å². The highest BCUT2D eigenvalue weighted by Crippen LogP contribution is 2.35. The van der Waals surface area contributed by atoms with Crippen molar-refractivity contribution in [1.82, 2.24) is 4.90 Å². The standard InChI is InChI=1S/C14H16F3NO3/c1-8(2)18-10(12(19)14(15,16)17)11(13(18)20)21-9-6-4-3-5-7-9/h3-8,10-12,19H,1-2H3/t10-,11-,12+/m1/s1. The third-order valence-electron chi connectivity index (χ3n) is 3.35. The van der Waals surface area contributed by atoms with Crippen LogP contribution in [0.2, 0.25) is 0 Å². The van der Waals surface area contributed by atoms with Crippen molar-refractivity contribution in [1.29, 1.82) is 0 Å². The summed E-state index contributed by atoms with van der Waals surface area (Å²) < 4.78 is 43.6. The van der Waals surface area contributed by atoms with Gasteiger partial charge >= 0.3 is 6.18 Å². The second-order valence-corrected chi connectivity index (χ2v) is 5.17. The number of aliphatic hydroxyl groups is 1. The van der Waals surface area contributed by atoms with E-state index >= 15 is 0 Å². The van der Waals surface area contributed by atoms with Gasteiger partial charge in [-0.15, -0.1) is 0 Å². The maximum Gasteiger partial charge on any atom is 0.416 e. The van der Waals surface area contributed by atoms with Gasteiger partial charge in [0.2, 0.25) is 0 Å². The van der Waals surface area contributed by atoms with Crippen molar-refractivity contribution < 1.29 is 27.8 Å². The Labute approximate surface area is 120 Å². The highest BCUT2D eigenvalue weighted by atomic mass is 19.4. The van der Waals surface area contributed by atoms with Crippen molar-refractivity contribution in [2.24, 2.45) is 0 Å². The molecule has 0 bridgehead atoms. The smallest absolute Gasteiger partial charge is 0.416 e. The maximum atomic E-state index is 12.8. The molecule has 1 aliphatic rings. The quantitative estimate of drug-likeness (QED) is 0.865. The molecule has 21 heavy (non-hydrogen) atoms. The first-order valence-corrected chi connectivity index (χ1v) is 6.52. The normalized spacial score (nSPS) is 24.0. The van der Waals surface area contributed by atoms with Gasteiger partial charge in [0, 0.05) is 6.04 Å². The number of hydrogen-bond donors (Lipinski definition) is 1. The van der Waals surface area contributed by atoms with Crippen LogP contribution in [0.4, 0.5) is 13.2 Å². The zero-order valence-electron chi connectivity index (χ0n) is 11.5. The largest absolute Gasteiger partial charge is 0.478 e. The van der Waals surface area contributed by atoms with Gasteiger partial charge < -0.3 is 14.7 Å². The molecule has 0 radical (unpaired) electrons. The van der Waals surface area contributed by atoms with Gasteiger partial charge in [-0.3, -0.25) is 4.79 Å². The average Bonchev–Trinajstić information content (AvgIpc) is 2.40. The predicted molar refractivity (Wildman–Crippen MR) is 68.7 cm³/mol. The number of β-lactam (4-membered cyclic amide) rings is 1. The summed E-state index contributed by atoms with van der Waals surface area (Å²) in [6.07, 6.45) is -8.77. The molecule has 2 rings (SSSR count). The van der Waals surface area contributed by atoms with Crippen LogP contribution in [-0.2, 0) is 4.79 Å². The highest BCUT2D eigenvalue weighted by molar-refractivity contribution is 5.89. The van der Waals surface area contributed by atoms with Gasteiger partial charge in [-0.25, -0.2) is 0 Å². The van der Waals surface area contributed by atoms with E-state index in [1.165, 1.54) is 0 Å². The zero-order chi connectivity index (χ0) is 15.8. The fourth-order valence-electron chi connectivity index (χ4n) is 2.38. The van der Waals surface area contributed by atoms with Crippen molar-refractivity contribution in [2.45, 2.75) is 44.3 Å². The second kappa shape index (κ2) is 5.55. The molecule has 0 saturated carbocycles. The van der Waals surface area contributed by atoms with Crippen LogP contribution >= 0.6 is 0 Å². The summed E-state index contributed by atoms with van der Waals surface area (Å²) in [5.41, 5.74) is 0. The van der Waals surface area contributed by atoms with E-state index in [0.29, 0.717) is 5.75 Å². The minimum atomic E-state index is -4.81. The molecule has 116 valence electrons. The first kappa shape index (κ1) is 15.6. The van der Waals surface area contributed by atoms with E-state index in [4.69, 9.17) is 4.74 Å². The van der Waals surface area contributed by atoms with Crippen LogP contribution in [0.1, 0.15) is 13.8 Å². The summed E-state index contributed by atoms with van der Waals surface area (Å²) in [6, 6.07) is 6.22. The van der Waals surface area contributed by atoms with Crippen molar-refractivity contribution in [2.75, 3.05) is 0 Å². The fourth-order valence-corrected chi connectivity index (χ4v) is 2.38. The van der Waals surface area contributed by atoms with Gasteiger partial charge in [0.15, 0.2) is 12.2 Å². The number of likely N-dealkylation sites (tertiary alicyclic amines) is 1. The minimum Gasteiger partial charge on any atom is -0.478 e. The van der Waals surface area contributed by atoms with Gasteiger partial charge in [0.1, 0.15) is 11.8 Å². The van der Waals surface area contributed by atoms with Crippen LogP contribution in [0.5, 0.6) is 5.75 Å². The number of hydrogen-bond acceptors (Lipinski definition) is 3. The Hall–Kier alpha value is -1.76. The molecular formula is C14H16F3NO3. The van der Waals surface area contributed by atoms with Crippen LogP contribution in [0.15, 0.2) is 30.3 Å². The summed E-state index contributed by atoms with van der Waals surface area (Å²) in [4.78, 5) is 13.0. The molecule has 1 amide bonds. The molecule has 1 aromatic rings. The molecule has 1 saturated heterocycles.